The Balaban J connectivity index is 2.05. The fourth-order valence-electron chi connectivity index (χ4n) is 2.35. The molecule has 0 fully saturated rings. The van der Waals surface area contributed by atoms with Crippen molar-refractivity contribution in [1.82, 2.24) is 10.2 Å². The third kappa shape index (κ3) is 3.76. The lowest BCUT2D eigenvalue weighted by molar-refractivity contribution is -0.385. The number of para-hydroxylation sites is 1. The monoisotopic (exact) mass is 408 g/mol. The summed E-state index contributed by atoms with van der Waals surface area (Å²) in [6, 6.07) is 8.54. The molecule has 3 aromatic rings. The van der Waals surface area contributed by atoms with E-state index in [1.165, 1.54) is 13.0 Å². The molecule has 2 aromatic carbocycles. The summed E-state index contributed by atoms with van der Waals surface area (Å²) in [5.41, 5.74) is 0.348. The van der Waals surface area contributed by atoms with Gasteiger partial charge in [0.15, 0.2) is 0 Å². The molecule has 0 saturated heterocycles. The van der Waals surface area contributed by atoms with Gasteiger partial charge in [-0.3, -0.25) is 14.8 Å². The molecule has 11 heteroatoms. The first kappa shape index (κ1) is 18.8. The van der Waals surface area contributed by atoms with Gasteiger partial charge in [0.1, 0.15) is 0 Å². The van der Waals surface area contributed by atoms with Crippen LogP contribution in [0.2, 0.25) is 5.02 Å². The van der Waals surface area contributed by atoms with Gasteiger partial charge >= 0.3 is 0 Å². The van der Waals surface area contributed by atoms with Gasteiger partial charge in [0.25, 0.3) is 15.7 Å². The summed E-state index contributed by atoms with van der Waals surface area (Å²) in [5.74, 6) is 0.460. The van der Waals surface area contributed by atoms with Crippen molar-refractivity contribution in [3.63, 3.8) is 0 Å². The Labute approximate surface area is 159 Å². The maximum absolute atomic E-state index is 12.8. The van der Waals surface area contributed by atoms with Crippen molar-refractivity contribution >= 4 is 33.0 Å². The first-order valence-corrected chi connectivity index (χ1v) is 9.42. The summed E-state index contributed by atoms with van der Waals surface area (Å²) in [6.45, 7) is 3.05. The molecular formula is C16H13ClN4O5S. The van der Waals surface area contributed by atoms with Crippen molar-refractivity contribution < 1.29 is 17.8 Å². The number of sulfonamides is 1. The van der Waals surface area contributed by atoms with Gasteiger partial charge in [-0.25, -0.2) is 8.42 Å². The minimum atomic E-state index is -4.16. The van der Waals surface area contributed by atoms with Gasteiger partial charge in [0.05, 0.1) is 26.1 Å². The average molecular weight is 409 g/mol. The van der Waals surface area contributed by atoms with Crippen molar-refractivity contribution in [2.24, 2.45) is 0 Å². The van der Waals surface area contributed by atoms with Gasteiger partial charge in [-0.15, -0.1) is 10.2 Å². The van der Waals surface area contributed by atoms with Crippen LogP contribution in [-0.2, 0) is 10.0 Å². The molecule has 0 atom stereocenters. The van der Waals surface area contributed by atoms with Crippen molar-refractivity contribution in [2.75, 3.05) is 4.72 Å². The number of aromatic nitrogens is 2. The van der Waals surface area contributed by atoms with Gasteiger partial charge in [0.2, 0.25) is 11.8 Å². The first-order chi connectivity index (χ1) is 12.7. The summed E-state index contributed by atoms with van der Waals surface area (Å²) in [7, 11) is -4.16. The molecule has 1 aromatic heterocycles. The van der Waals surface area contributed by atoms with Gasteiger partial charge in [-0.2, -0.15) is 0 Å². The largest absolute Gasteiger partial charge is 0.421 e. The summed E-state index contributed by atoms with van der Waals surface area (Å²) in [5, 5.41) is 18.7. The fourth-order valence-corrected chi connectivity index (χ4v) is 3.76. The lowest BCUT2D eigenvalue weighted by Gasteiger charge is -2.11. The molecule has 0 saturated carbocycles. The Morgan fingerprint density at radius 1 is 1.19 bits per heavy atom. The predicted molar refractivity (Wildman–Crippen MR) is 98.1 cm³/mol. The molecule has 0 radical (unpaired) electrons. The molecule has 27 heavy (non-hydrogen) atoms. The van der Waals surface area contributed by atoms with E-state index < -0.39 is 14.9 Å². The van der Waals surface area contributed by atoms with E-state index in [1.54, 1.807) is 25.1 Å². The van der Waals surface area contributed by atoms with Crippen LogP contribution >= 0.6 is 11.6 Å². The van der Waals surface area contributed by atoms with Gasteiger partial charge in [0, 0.05) is 18.6 Å². The zero-order chi connectivity index (χ0) is 19.8. The number of anilines is 1. The molecule has 0 aliphatic heterocycles. The van der Waals surface area contributed by atoms with Crippen LogP contribution in [0.1, 0.15) is 11.5 Å². The van der Waals surface area contributed by atoms with E-state index in [2.05, 4.69) is 14.9 Å². The second-order valence-electron chi connectivity index (χ2n) is 5.58. The molecule has 1 heterocycles. The number of halogens is 1. The average Bonchev–Trinajstić information content (AvgIpc) is 3.03. The molecule has 0 unspecified atom stereocenters. The molecule has 140 valence electrons. The van der Waals surface area contributed by atoms with Crippen molar-refractivity contribution in [2.45, 2.75) is 18.7 Å². The summed E-state index contributed by atoms with van der Waals surface area (Å²) in [4.78, 5) is 10.1. The minimum Gasteiger partial charge on any atom is -0.421 e. The number of nitro groups is 1. The maximum atomic E-state index is 12.8. The molecule has 1 N–H and O–H groups in total. The van der Waals surface area contributed by atoms with Crippen LogP contribution < -0.4 is 4.72 Å². The Morgan fingerprint density at radius 2 is 1.89 bits per heavy atom. The predicted octanol–water partition coefficient (Wildman–Crippen LogP) is 3.72. The Hall–Kier alpha value is -2.98. The van der Waals surface area contributed by atoms with Crippen LogP contribution in [0.4, 0.5) is 11.4 Å². The van der Waals surface area contributed by atoms with Gasteiger partial charge in [-0.05, 0) is 25.1 Å². The van der Waals surface area contributed by atoms with E-state index in [0.29, 0.717) is 11.5 Å². The molecular weight excluding hydrogens is 396 g/mol. The molecule has 0 aliphatic rings. The number of nitro benzene ring substituents is 1. The van der Waals surface area contributed by atoms with Crippen LogP contribution in [0, 0.1) is 24.0 Å². The van der Waals surface area contributed by atoms with Gasteiger partial charge < -0.3 is 4.42 Å². The smallest absolute Gasteiger partial charge is 0.275 e. The topological polar surface area (TPSA) is 128 Å². The van der Waals surface area contributed by atoms with E-state index in [-0.39, 0.29) is 32.7 Å². The van der Waals surface area contributed by atoms with E-state index in [9.17, 15) is 18.5 Å². The number of benzene rings is 2. The summed E-state index contributed by atoms with van der Waals surface area (Å²) >= 11 is 5.97. The van der Waals surface area contributed by atoms with Gasteiger partial charge in [-0.1, -0.05) is 23.7 Å². The van der Waals surface area contributed by atoms with Crippen molar-refractivity contribution in [3.8, 4) is 11.5 Å². The molecule has 3 rings (SSSR count). The summed E-state index contributed by atoms with van der Waals surface area (Å²) < 4.78 is 33.3. The highest BCUT2D eigenvalue weighted by Gasteiger charge is 2.24. The highest BCUT2D eigenvalue weighted by Crippen LogP contribution is 2.32. The Bertz CT molecular complexity index is 1140. The number of hydrogen-bond acceptors (Lipinski definition) is 7. The van der Waals surface area contributed by atoms with Crippen LogP contribution in [0.15, 0.2) is 45.7 Å². The second-order valence-corrected chi connectivity index (χ2v) is 7.67. The standard InChI is InChI=1S/C16H13ClN4O5S/c1-9-13(17)7-11(8-15(9)21(22)23)27(24,25)20-14-6-4-3-5-12(14)16-19-18-10(2)26-16/h3-8,20H,1-2H3. The number of rotatable bonds is 5. The van der Waals surface area contributed by atoms with Crippen LogP contribution in [0.5, 0.6) is 0 Å². The Morgan fingerprint density at radius 3 is 2.52 bits per heavy atom. The maximum Gasteiger partial charge on any atom is 0.275 e. The third-order valence-corrected chi connectivity index (χ3v) is 5.46. The molecule has 0 bridgehead atoms. The van der Waals surface area contributed by atoms with Crippen molar-refractivity contribution in [3.05, 3.63) is 63.0 Å². The van der Waals surface area contributed by atoms with E-state index in [0.717, 1.165) is 12.1 Å². The van der Waals surface area contributed by atoms with Crippen LogP contribution in [0.25, 0.3) is 11.5 Å². The van der Waals surface area contributed by atoms with E-state index in [4.69, 9.17) is 16.0 Å². The number of hydrogen-bond donors (Lipinski definition) is 1. The fraction of sp³-hybridized carbons (Fsp3) is 0.125. The number of nitrogens with one attached hydrogen (secondary N) is 1. The molecule has 9 nitrogen and oxygen atoms in total. The lowest BCUT2D eigenvalue weighted by Crippen LogP contribution is -2.14. The lowest BCUT2D eigenvalue weighted by atomic mass is 10.2. The normalized spacial score (nSPS) is 11.4. The van der Waals surface area contributed by atoms with Crippen LogP contribution in [-0.4, -0.2) is 23.5 Å². The highest BCUT2D eigenvalue weighted by molar-refractivity contribution is 7.92. The quantitative estimate of drug-likeness (QED) is 0.503. The van der Waals surface area contributed by atoms with E-state index >= 15 is 0 Å². The third-order valence-electron chi connectivity index (χ3n) is 3.73. The van der Waals surface area contributed by atoms with Crippen LogP contribution in [0.3, 0.4) is 0 Å². The minimum absolute atomic E-state index is 0.0228. The first-order valence-electron chi connectivity index (χ1n) is 7.56. The zero-order valence-electron chi connectivity index (χ0n) is 14.1. The summed E-state index contributed by atoms with van der Waals surface area (Å²) in [6.07, 6.45) is 0. The molecule has 0 aliphatic carbocycles. The molecule has 0 amide bonds. The number of aryl methyl sites for hydroxylation is 1. The second kappa shape index (κ2) is 6.97. The molecule has 0 spiro atoms. The highest BCUT2D eigenvalue weighted by atomic mass is 35.5. The van der Waals surface area contributed by atoms with Crippen molar-refractivity contribution in [1.29, 1.82) is 0 Å². The Kier molecular flexibility index (Phi) is 4.85. The SMILES string of the molecule is Cc1nnc(-c2ccccc2NS(=O)(=O)c2cc(Cl)c(C)c([N+](=O)[O-])c2)o1. The zero-order valence-corrected chi connectivity index (χ0v) is 15.7. The number of nitrogens with zero attached hydrogens (tertiary/aromatic N) is 3. The van der Waals surface area contributed by atoms with E-state index in [1.807, 2.05) is 0 Å².